The second-order valence-corrected chi connectivity index (χ2v) is 13.7. The molecular formula is C21H31F3N2O5S2. The SMILES string of the molecule is CC(C)C(NS(C)(=O)=O)C(=O)N1CCC(C(C)(C)S(=O)(=O)c2ccc(C(F)(F)F)cc2)CC1. The fourth-order valence-corrected chi connectivity index (χ4v) is 6.65. The monoisotopic (exact) mass is 512 g/mol. The molecule has 1 N–H and O–H groups in total. The number of amides is 1. The van der Waals surface area contributed by atoms with E-state index in [-0.39, 0.29) is 35.7 Å². The van der Waals surface area contributed by atoms with Crippen LogP contribution in [0.15, 0.2) is 29.2 Å². The maximum absolute atomic E-state index is 13.2. The van der Waals surface area contributed by atoms with Gasteiger partial charge in [-0.15, -0.1) is 0 Å². The molecule has 2 rings (SSSR count). The Bertz CT molecular complexity index is 1060. The highest BCUT2D eigenvalue weighted by Gasteiger charge is 2.45. The molecule has 1 unspecified atom stereocenters. The van der Waals surface area contributed by atoms with Crippen molar-refractivity contribution in [2.75, 3.05) is 19.3 Å². The van der Waals surface area contributed by atoms with Crippen LogP contribution in [0.1, 0.15) is 46.1 Å². The predicted molar refractivity (Wildman–Crippen MR) is 119 cm³/mol. The van der Waals surface area contributed by atoms with Crippen molar-refractivity contribution in [3.8, 4) is 0 Å². The van der Waals surface area contributed by atoms with Gasteiger partial charge in [0, 0.05) is 13.1 Å². The Morgan fingerprint density at radius 2 is 1.52 bits per heavy atom. The number of likely N-dealkylation sites (tertiary alicyclic amines) is 1. The van der Waals surface area contributed by atoms with Crippen molar-refractivity contribution in [1.82, 2.24) is 9.62 Å². The Labute approximate surface area is 193 Å². The number of carbonyl (C=O) groups excluding carboxylic acids is 1. The van der Waals surface area contributed by atoms with Crippen molar-refractivity contribution in [3.63, 3.8) is 0 Å². The fourth-order valence-electron chi connectivity index (χ4n) is 4.04. The van der Waals surface area contributed by atoms with Gasteiger partial charge in [0.05, 0.1) is 21.5 Å². The minimum atomic E-state index is -4.56. The number of nitrogens with zero attached hydrogens (tertiary/aromatic N) is 1. The smallest absolute Gasteiger partial charge is 0.341 e. The van der Waals surface area contributed by atoms with Crippen LogP contribution in [0, 0.1) is 11.8 Å². The van der Waals surface area contributed by atoms with Crippen LogP contribution < -0.4 is 4.72 Å². The van der Waals surface area contributed by atoms with Crippen molar-refractivity contribution in [2.24, 2.45) is 11.8 Å². The minimum Gasteiger partial charge on any atom is -0.341 e. The molecule has 0 spiro atoms. The molecule has 0 aliphatic carbocycles. The maximum Gasteiger partial charge on any atom is 0.416 e. The van der Waals surface area contributed by atoms with Crippen molar-refractivity contribution < 1.29 is 34.8 Å². The third kappa shape index (κ3) is 6.27. The normalized spacial score (nSPS) is 17.9. The number of alkyl halides is 3. The molecule has 1 atom stereocenters. The molecule has 188 valence electrons. The molecule has 1 fully saturated rings. The molecular weight excluding hydrogens is 481 g/mol. The number of sulfone groups is 1. The fraction of sp³-hybridized carbons (Fsp3) is 0.667. The van der Waals surface area contributed by atoms with Gasteiger partial charge in [-0.3, -0.25) is 4.79 Å². The summed E-state index contributed by atoms with van der Waals surface area (Å²) in [5, 5.41) is 0. The summed E-state index contributed by atoms with van der Waals surface area (Å²) in [6, 6.07) is 2.54. The van der Waals surface area contributed by atoms with Crippen molar-refractivity contribution in [3.05, 3.63) is 29.8 Å². The van der Waals surface area contributed by atoms with Gasteiger partial charge in [-0.05, 0) is 62.8 Å². The van der Waals surface area contributed by atoms with Gasteiger partial charge in [0.15, 0.2) is 9.84 Å². The van der Waals surface area contributed by atoms with Crippen LogP contribution in [-0.4, -0.2) is 57.8 Å². The number of sulfonamides is 1. The molecule has 1 heterocycles. The van der Waals surface area contributed by atoms with Gasteiger partial charge >= 0.3 is 6.18 Å². The molecule has 1 aromatic rings. The first kappa shape index (κ1) is 27.6. The first-order valence-corrected chi connectivity index (χ1v) is 13.9. The Balaban J connectivity index is 2.16. The molecule has 1 amide bonds. The molecule has 12 heteroatoms. The molecule has 1 aliphatic heterocycles. The summed E-state index contributed by atoms with van der Waals surface area (Å²) in [6.07, 6.45) is -2.85. The van der Waals surface area contributed by atoms with Crippen molar-refractivity contribution in [1.29, 1.82) is 0 Å². The lowest BCUT2D eigenvalue weighted by Gasteiger charge is -2.41. The first-order chi connectivity index (χ1) is 14.9. The van der Waals surface area contributed by atoms with Crippen molar-refractivity contribution in [2.45, 2.75) is 62.4 Å². The van der Waals surface area contributed by atoms with E-state index in [0.717, 1.165) is 30.5 Å². The maximum atomic E-state index is 13.2. The zero-order valence-electron chi connectivity index (χ0n) is 19.3. The van der Waals surface area contributed by atoms with E-state index < -0.39 is 42.4 Å². The largest absolute Gasteiger partial charge is 0.416 e. The number of rotatable bonds is 7. The quantitative estimate of drug-likeness (QED) is 0.605. The number of hydrogen-bond donors (Lipinski definition) is 1. The summed E-state index contributed by atoms with van der Waals surface area (Å²) in [4.78, 5) is 14.2. The summed E-state index contributed by atoms with van der Waals surface area (Å²) in [6.45, 7) is 7.06. The molecule has 0 aromatic heterocycles. The molecule has 0 radical (unpaired) electrons. The van der Waals surface area contributed by atoms with Gasteiger partial charge in [-0.25, -0.2) is 21.6 Å². The number of carbonyl (C=O) groups is 1. The Kier molecular flexibility index (Phi) is 7.97. The van der Waals surface area contributed by atoms with Gasteiger partial charge in [-0.1, -0.05) is 13.8 Å². The first-order valence-electron chi connectivity index (χ1n) is 10.6. The summed E-state index contributed by atoms with van der Waals surface area (Å²) >= 11 is 0. The summed E-state index contributed by atoms with van der Waals surface area (Å²) < 4.78 is 89.3. The van der Waals surface area contributed by atoms with E-state index in [1.54, 1.807) is 27.7 Å². The lowest BCUT2D eigenvalue weighted by molar-refractivity contribution is -0.137. The molecule has 33 heavy (non-hydrogen) atoms. The highest BCUT2D eigenvalue weighted by molar-refractivity contribution is 7.92. The third-order valence-corrected chi connectivity index (χ3v) is 9.54. The standard InChI is InChI=1S/C21H31F3N2O5S2/c1-14(2)18(25-32(5,28)29)19(27)26-12-10-15(11-13-26)20(3,4)33(30,31)17-8-6-16(7-9-17)21(22,23)24/h6-9,14-15,18,25H,10-13H2,1-5H3. The lowest BCUT2D eigenvalue weighted by Crippen LogP contribution is -2.54. The zero-order chi connectivity index (χ0) is 25.4. The van der Waals surface area contributed by atoms with E-state index in [2.05, 4.69) is 4.72 Å². The molecule has 0 saturated carbocycles. The second kappa shape index (κ2) is 9.53. The number of hydrogen-bond acceptors (Lipinski definition) is 5. The molecule has 7 nitrogen and oxygen atoms in total. The van der Waals surface area contributed by atoms with Crippen LogP contribution in [0.25, 0.3) is 0 Å². The van der Waals surface area contributed by atoms with Crippen LogP contribution in [-0.2, 0) is 30.8 Å². The number of nitrogens with one attached hydrogen (secondary N) is 1. The Hall–Kier alpha value is -1.66. The number of piperidine rings is 1. The molecule has 1 saturated heterocycles. The van der Waals surface area contributed by atoms with Crippen LogP contribution in [0.3, 0.4) is 0 Å². The molecule has 1 aliphatic rings. The number of benzene rings is 1. The van der Waals surface area contributed by atoms with Crippen LogP contribution >= 0.6 is 0 Å². The van der Waals surface area contributed by atoms with E-state index in [0.29, 0.717) is 12.8 Å². The van der Waals surface area contributed by atoms with Gasteiger partial charge in [0.2, 0.25) is 15.9 Å². The molecule has 1 aromatic carbocycles. The van der Waals surface area contributed by atoms with Gasteiger partial charge in [0.25, 0.3) is 0 Å². The summed E-state index contributed by atoms with van der Waals surface area (Å²) in [5.74, 6) is -0.979. The topological polar surface area (TPSA) is 101 Å². The zero-order valence-corrected chi connectivity index (χ0v) is 20.9. The average Bonchev–Trinajstić information content (AvgIpc) is 2.70. The Morgan fingerprint density at radius 1 is 1.03 bits per heavy atom. The van der Waals surface area contributed by atoms with E-state index in [1.165, 1.54) is 4.90 Å². The van der Waals surface area contributed by atoms with E-state index in [1.807, 2.05) is 0 Å². The van der Waals surface area contributed by atoms with Gasteiger partial charge in [0.1, 0.15) is 6.04 Å². The lowest BCUT2D eigenvalue weighted by atomic mass is 9.85. The van der Waals surface area contributed by atoms with Crippen LogP contribution in [0.4, 0.5) is 13.2 Å². The highest BCUT2D eigenvalue weighted by atomic mass is 32.2. The van der Waals surface area contributed by atoms with E-state index in [4.69, 9.17) is 0 Å². The Morgan fingerprint density at radius 3 is 1.91 bits per heavy atom. The van der Waals surface area contributed by atoms with E-state index in [9.17, 15) is 34.8 Å². The van der Waals surface area contributed by atoms with E-state index >= 15 is 0 Å². The van der Waals surface area contributed by atoms with Crippen molar-refractivity contribution >= 4 is 25.8 Å². The van der Waals surface area contributed by atoms with Crippen LogP contribution in [0.2, 0.25) is 0 Å². The summed E-state index contributed by atoms with van der Waals surface area (Å²) in [5.41, 5.74) is -0.923. The minimum absolute atomic E-state index is 0.184. The van der Waals surface area contributed by atoms with Gasteiger partial charge in [-0.2, -0.15) is 13.2 Å². The van der Waals surface area contributed by atoms with Crippen LogP contribution in [0.5, 0.6) is 0 Å². The predicted octanol–water partition coefficient (Wildman–Crippen LogP) is 3.07. The average molecular weight is 513 g/mol. The third-order valence-electron chi connectivity index (χ3n) is 6.25. The second-order valence-electron chi connectivity index (χ2n) is 9.34. The number of halogens is 3. The highest BCUT2D eigenvalue weighted by Crippen LogP contribution is 2.39. The molecule has 0 bridgehead atoms. The van der Waals surface area contributed by atoms with Gasteiger partial charge < -0.3 is 4.90 Å². The summed E-state index contributed by atoms with van der Waals surface area (Å²) in [7, 11) is -7.55.